The van der Waals surface area contributed by atoms with E-state index in [1.165, 1.54) is 41.9 Å². The third kappa shape index (κ3) is 5.30. The zero-order chi connectivity index (χ0) is 36.3. The molecular weight excluding hydrogens is 687 g/mol. The van der Waals surface area contributed by atoms with E-state index in [9.17, 15) is 0 Å². The van der Waals surface area contributed by atoms with Crippen molar-refractivity contribution >= 4 is 63.8 Å². The average molecular weight is 718 g/mol. The molecule has 0 aliphatic rings. The van der Waals surface area contributed by atoms with E-state index in [-0.39, 0.29) is 0 Å². The minimum absolute atomic E-state index is 0.633. The van der Waals surface area contributed by atoms with Crippen LogP contribution in [0.15, 0.2) is 188 Å². The van der Waals surface area contributed by atoms with Crippen molar-refractivity contribution in [1.29, 1.82) is 0 Å². The fourth-order valence-corrected chi connectivity index (χ4v) is 9.32. The van der Waals surface area contributed by atoms with E-state index >= 15 is 0 Å². The fourth-order valence-electron chi connectivity index (χ4n) is 8.19. The molecule has 0 saturated carbocycles. The Morgan fingerprint density at radius 2 is 0.927 bits per heavy atom. The molecule has 9 aromatic carbocycles. The van der Waals surface area contributed by atoms with Gasteiger partial charge in [0.05, 0.1) is 0 Å². The van der Waals surface area contributed by atoms with Gasteiger partial charge >= 0.3 is 0 Å². The molecule has 3 nitrogen and oxygen atoms in total. The summed E-state index contributed by atoms with van der Waals surface area (Å²) in [7, 11) is 0. The lowest BCUT2D eigenvalue weighted by Crippen LogP contribution is -2.02. The van der Waals surface area contributed by atoms with Crippen molar-refractivity contribution in [3.05, 3.63) is 188 Å². The van der Waals surface area contributed by atoms with Crippen molar-refractivity contribution in [3.63, 3.8) is 0 Å². The molecule has 0 N–H and O–H groups in total. The summed E-state index contributed by atoms with van der Waals surface area (Å²) in [5.74, 6) is 1.92. The second-order valence-electron chi connectivity index (χ2n) is 13.9. The smallest absolute Gasteiger partial charge is 0.165 e. The molecule has 0 unspecified atom stereocenters. The zero-order valence-corrected chi connectivity index (χ0v) is 30.5. The summed E-state index contributed by atoms with van der Waals surface area (Å²) in [5.41, 5.74) is 7.41. The fraction of sp³-hybridized carbons (Fsp3) is 0. The van der Waals surface area contributed by atoms with Crippen LogP contribution in [0.3, 0.4) is 0 Å². The van der Waals surface area contributed by atoms with Gasteiger partial charge in [-0.1, -0.05) is 164 Å². The summed E-state index contributed by atoms with van der Waals surface area (Å²) < 4.78 is 2.57. The Labute approximate surface area is 321 Å². The monoisotopic (exact) mass is 717 g/mol. The summed E-state index contributed by atoms with van der Waals surface area (Å²) in [6, 6.07) is 66.8. The predicted molar refractivity (Wildman–Crippen MR) is 232 cm³/mol. The average Bonchev–Trinajstić information content (AvgIpc) is 3.65. The molecule has 0 amide bonds. The maximum absolute atomic E-state index is 5.40. The van der Waals surface area contributed by atoms with E-state index in [0.717, 1.165) is 49.5 Å². The normalized spacial score (nSPS) is 11.6. The van der Waals surface area contributed by atoms with Crippen molar-refractivity contribution in [1.82, 2.24) is 15.0 Å². The van der Waals surface area contributed by atoms with Crippen molar-refractivity contribution in [2.24, 2.45) is 0 Å². The molecule has 0 aliphatic carbocycles. The van der Waals surface area contributed by atoms with Crippen LogP contribution in [0.2, 0.25) is 0 Å². The van der Waals surface area contributed by atoms with Gasteiger partial charge in [0.2, 0.25) is 0 Å². The molecule has 4 heteroatoms. The lowest BCUT2D eigenvalue weighted by molar-refractivity contribution is 1.08. The number of nitrogens with zero attached hydrogens (tertiary/aromatic N) is 3. The van der Waals surface area contributed by atoms with Gasteiger partial charge in [0.25, 0.3) is 0 Å². The van der Waals surface area contributed by atoms with Crippen LogP contribution in [0, 0.1) is 0 Å². The topological polar surface area (TPSA) is 38.7 Å². The standard InChI is InChI=1S/C51H31N3S/c1-2-14-32(15-3-1)37-20-8-9-23-42(37)50-52-49(36-19-12-18-34(30-36)39-25-13-27-46-47(39)43-24-10-11-26-45(43)55-46)53-51(54-50)48-40-22-7-5-17-35(40)31-44-38-21-6-4-16-33(38)28-29-41(44)48/h1-31H. The summed E-state index contributed by atoms with van der Waals surface area (Å²) in [6.45, 7) is 0. The van der Waals surface area contributed by atoms with Gasteiger partial charge in [0, 0.05) is 36.9 Å². The number of hydrogen-bond acceptors (Lipinski definition) is 4. The Balaban J connectivity index is 1.19. The molecule has 0 radical (unpaired) electrons. The molecule has 11 aromatic rings. The maximum atomic E-state index is 5.40. The van der Waals surface area contributed by atoms with Gasteiger partial charge < -0.3 is 0 Å². The van der Waals surface area contributed by atoms with E-state index in [1.807, 2.05) is 17.4 Å². The van der Waals surface area contributed by atoms with Crippen molar-refractivity contribution in [2.75, 3.05) is 0 Å². The second-order valence-corrected chi connectivity index (χ2v) is 15.0. The highest BCUT2D eigenvalue weighted by Gasteiger charge is 2.20. The zero-order valence-electron chi connectivity index (χ0n) is 29.6. The largest absolute Gasteiger partial charge is 0.208 e. The number of rotatable bonds is 5. The van der Waals surface area contributed by atoms with E-state index in [4.69, 9.17) is 15.0 Å². The van der Waals surface area contributed by atoms with Crippen molar-refractivity contribution < 1.29 is 0 Å². The molecule has 11 rings (SSSR count). The van der Waals surface area contributed by atoms with Crippen LogP contribution in [0.5, 0.6) is 0 Å². The van der Waals surface area contributed by atoms with Crippen LogP contribution in [0.25, 0.3) is 109 Å². The van der Waals surface area contributed by atoms with Crippen molar-refractivity contribution in [2.45, 2.75) is 0 Å². The van der Waals surface area contributed by atoms with E-state index in [0.29, 0.717) is 17.5 Å². The van der Waals surface area contributed by atoms with Gasteiger partial charge in [-0.15, -0.1) is 11.3 Å². The summed E-state index contributed by atoms with van der Waals surface area (Å²) in [4.78, 5) is 16.1. The van der Waals surface area contributed by atoms with Gasteiger partial charge in [-0.05, 0) is 78.8 Å². The quantitative estimate of drug-likeness (QED) is 0.131. The molecule has 0 fully saturated rings. The number of thiophene rings is 1. The van der Waals surface area contributed by atoms with E-state index in [1.54, 1.807) is 0 Å². The van der Waals surface area contributed by atoms with Gasteiger partial charge in [0.1, 0.15) is 0 Å². The number of aromatic nitrogens is 3. The first-order valence-corrected chi connectivity index (χ1v) is 19.3. The molecule has 256 valence electrons. The van der Waals surface area contributed by atoms with Gasteiger partial charge in [-0.25, -0.2) is 15.0 Å². The number of fused-ring (bicyclic) bond motifs is 7. The highest BCUT2D eigenvalue weighted by molar-refractivity contribution is 7.25. The SMILES string of the molecule is c1ccc(-c2ccccc2-c2nc(-c3cccc(-c4cccc5sc6ccccc6c45)c3)nc(-c3c4ccccc4cc4c3ccc3ccccc34)n2)cc1. The van der Waals surface area contributed by atoms with Gasteiger partial charge in [-0.2, -0.15) is 0 Å². The third-order valence-corrected chi connectivity index (χ3v) is 11.9. The molecule has 0 aliphatic heterocycles. The highest BCUT2D eigenvalue weighted by atomic mass is 32.1. The van der Waals surface area contributed by atoms with E-state index < -0.39 is 0 Å². The first-order chi connectivity index (χ1) is 27.3. The molecule has 0 spiro atoms. The molecule has 0 saturated heterocycles. The van der Waals surface area contributed by atoms with Crippen LogP contribution in [0.1, 0.15) is 0 Å². The minimum atomic E-state index is 0.633. The van der Waals surface area contributed by atoms with Gasteiger partial charge in [-0.3, -0.25) is 0 Å². The third-order valence-electron chi connectivity index (χ3n) is 10.7. The lowest BCUT2D eigenvalue weighted by Gasteiger charge is -2.16. The van der Waals surface area contributed by atoms with Crippen LogP contribution >= 0.6 is 11.3 Å². The maximum Gasteiger partial charge on any atom is 0.165 e. The molecule has 2 aromatic heterocycles. The van der Waals surface area contributed by atoms with Gasteiger partial charge in [0.15, 0.2) is 17.5 Å². The van der Waals surface area contributed by atoms with Crippen LogP contribution in [-0.2, 0) is 0 Å². The molecular formula is C51H31N3S. The molecule has 55 heavy (non-hydrogen) atoms. The first kappa shape index (κ1) is 31.5. The molecule has 0 atom stereocenters. The van der Waals surface area contributed by atoms with Crippen LogP contribution in [0.4, 0.5) is 0 Å². The van der Waals surface area contributed by atoms with E-state index in [2.05, 4.69) is 182 Å². The Morgan fingerprint density at radius 1 is 0.309 bits per heavy atom. The molecule has 0 bridgehead atoms. The van der Waals surface area contributed by atoms with Crippen LogP contribution < -0.4 is 0 Å². The summed E-state index contributed by atoms with van der Waals surface area (Å²) in [6.07, 6.45) is 0. The summed E-state index contributed by atoms with van der Waals surface area (Å²) >= 11 is 1.84. The Kier molecular flexibility index (Phi) is 7.35. The first-order valence-electron chi connectivity index (χ1n) is 18.5. The lowest BCUT2D eigenvalue weighted by atomic mass is 9.93. The summed E-state index contributed by atoms with van der Waals surface area (Å²) in [5, 5.41) is 9.51. The predicted octanol–water partition coefficient (Wildman–Crippen LogP) is 14.0. The highest BCUT2D eigenvalue weighted by Crippen LogP contribution is 2.42. The Bertz CT molecular complexity index is 3270. The van der Waals surface area contributed by atoms with Crippen molar-refractivity contribution in [3.8, 4) is 56.4 Å². The second kappa shape index (κ2) is 12.8. The van der Waals surface area contributed by atoms with Crippen LogP contribution in [-0.4, -0.2) is 15.0 Å². The minimum Gasteiger partial charge on any atom is -0.208 e. The Morgan fingerprint density at radius 3 is 1.82 bits per heavy atom. The molecule has 2 heterocycles. The number of hydrogen-bond donors (Lipinski definition) is 0. The number of benzene rings is 9. The Hall–Kier alpha value is -7.01.